The number of aromatic nitrogens is 2. The quantitative estimate of drug-likeness (QED) is 0.262. The van der Waals surface area contributed by atoms with E-state index in [0.717, 1.165) is 22.5 Å². The Balaban J connectivity index is 1.45. The molecular weight excluding hydrogens is 432 g/mol. The Hall–Kier alpha value is -4.21. The Labute approximate surface area is 201 Å². The van der Waals surface area contributed by atoms with E-state index in [2.05, 4.69) is 125 Å². The van der Waals surface area contributed by atoms with Gasteiger partial charge in [0, 0.05) is 26.7 Å². The fourth-order valence-corrected chi connectivity index (χ4v) is 5.77. The first-order valence-electron chi connectivity index (χ1n) is 11.4. The molecule has 0 fully saturated rings. The van der Waals surface area contributed by atoms with Crippen LogP contribution in [0.5, 0.6) is 0 Å². The van der Waals surface area contributed by atoms with Crippen molar-refractivity contribution in [2.75, 3.05) is 0 Å². The average molecular weight is 453 g/mol. The van der Waals surface area contributed by atoms with Gasteiger partial charge in [-0.05, 0) is 52.2 Å². The highest BCUT2D eigenvalue weighted by atomic mass is 32.1. The van der Waals surface area contributed by atoms with Crippen LogP contribution in [-0.4, -0.2) is 9.55 Å². The van der Waals surface area contributed by atoms with Crippen LogP contribution in [0.4, 0.5) is 0 Å². The Morgan fingerprint density at radius 3 is 2.32 bits per heavy atom. The second-order valence-electron chi connectivity index (χ2n) is 8.52. The van der Waals surface area contributed by atoms with Crippen molar-refractivity contribution in [1.29, 1.82) is 0 Å². The second-order valence-corrected chi connectivity index (χ2v) is 9.43. The third kappa shape index (κ3) is 3.06. The van der Waals surface area contributed by atoms with E-state index < -0.39 is 0 Å². The molecular formula is C31H20N2S. The molecule has 2 heterocycles. The van der Waals surface area contributed by atoms with E-state index in [4.69, 9.17) is 4.98 Å². The van der Waals surface area contributed by atoms with Crippen molar-refractivity contribution < 1.29 is 0 Å². The van der Waals surface area contributed by atoms with Gasteiger partial charge in [-0.2, -0.15) is 0 Å². The van der Waals surface area contributed by atoms with Crippen LogP contribution in [-0.2, 0) is 0 Å². The zero-order valence-corrected chi connectivity index (χ0v) is 19.2. The number of hydrogen-bond donors (Lipinski definition) is 0. The van der Waals surface area contributed by atoms with Gasteiger partial charge in [-0.3, -0.25) is 4.57 Å². The zero-order chi connectivity index (χ0) is 22.5. The highest BCUT2D eigenvalue weighted by molar-refractivity contribution is 7.17. The Morgan fingerprint density at radius 1 is 0.618 bits per heavy atom. The molecule has 3 heteroatoms. The van der Waals surface area contributed by atoms with Gasteiger partial charge >= 0.3 is 0 Å². The van der Waals surface area contributed by atoms with Crippen molar-refractivity contribution in [2.24, 2.45) is 0 Å². The Morgan fingerprint density at radius 2 is 1.41 bits per heavy atom. The van der Waals surface area contributed by atoms with Crippen molar-refractivity contribution in [2.45, 2.75) is 0 Å². The van der Waals surface area contributed by atoms with Gasteiger partial charge in [0.05, 0.1) is 11.0 Å². The molecule has 34 heavy (non-hydrogen) atoms. The maximum atomic E-state index is 5.11. The minimum Gasteiger partial charge on any atom is -0.292 e. The lowest BCUT2D eigenvalue weighted by Gasteiger charge is -2.11. The summed E-state index contributed by atoms with van der Waals surface area (Å²) in [4.78, 5) is 5.11. The first-order valence-corrected chi connectivity index (χ1v) is 12.3. The van der Waals surface area contributed by atoms with E-state index in [9.17, 15) is 0 Å². The zero-order valence-electron chi connectivity index (χ0n) is 18.3. The molecule has 5 aromatic carbocycles. The minimum absolute atomic E-state index is 0.982. The van der Waals surface area contributed by atoms with Crippen LogP contribution >= 0.6 is 11.3 Å². The fraction of sp³-hybridized carbons (Fsp3) is 0. The van der Waals surface area contributed by atoms with Crippen LogP contribution in [0.3, 0.4) is 0 Å². The minimum atomic E-state index is 0.982. The highest BCUT2D eigenvalue weighted by Crippen LogP contribution is 2.38. The highest BCUT2D eigenvalue weighted by Gasteiger charge is 2.18. The van der Waals surface area contributed by atoms with Crippen molar-refractivity contribution in [3.8, 4) is 28.2 Å². The summed E-state index contributed by atoms with van der Waals surface area (Å²) in [5, 5.41) is 5.96. The lowest BCUT2D eigenvalue weighted by Crippen LogP contribution is -1.97. The molecule has 0 aliphatic carbocycles. The van der Waals surface area contributed by atoms with Gasteiger partial charge < -0.3 is 0 Å². The fourth-order valence-electron chi connectivity index (χ4n) is 4.80. The van der Waals surface area contributed by atoms with Gasteiger partial charge in [-0.1, -0.05) is 84.9 Å². The summed E-state index contributed by atoms with van der Waals surface area (Å²) in [6.07, 6.45) is 0. The van der Waals surface area contributed by atoms with Gasteiger partial charge in [0.25, 0.3) is 0 Å². The van der Waals surface area contributed by atoms with Gasteiger partial charge in [0.1, 0.15) is 5.82 Å². The SMILES string of the molecule is c1ccc(-c2ccc3c(-c4nc5ccccc5n4-c4ccc5ccccc5c4)csc3c2)cc1. The lowest BCUT2D eigenvalue weighted by atomic mass is 10.0. The molecule has 0 saturated carbocycles. The van der Waals surface area contributed by atoms with E-state index in [1.165, 1.54) is 37.5 Å². The van der Waals surface area contributed by atoms with E-state index in [1.807, 2.05) is 0 Å². The van der Waals surface area contributed by atoms with Crippen LogP contribution in [0.1, 0.15) is 0 Å². The standard InChI is InChI=1S/C31H20N2S/c1-2-8-21(9-3-1)24-15-17-26-27(20-34-30(26)19-24)31-32-28-12-6-7-13-29(28)33(31)25-16-14-22-10-4-5-11-23(22)18-25/h1-20H. The number of hydrogen-bond acceptors (Lipinski definition) is 2. The number of benzene rings is 5. The topological polar surface area (TPSA) is 17.8 Å². The van der Waals surface area contributed by atoms with Crippen molar-refractivity contribution in [3.05, 3.63) is 121 Å². The number of nitrogens with zero attached hydrogens (tertiary/aromatic N) is 2. The molecule has 2 aromatic heterocycles. The monoisotopic (exact) mass is 452 g/mol. The van der Waals surface area contributed by atoms with E-state index in [0.29, 0.717) is 0 Å². The maximum Gasteiger partial charge on any atom is 0.147 e. The van der Waals surface area contributed by atoms with Gasteiger partial charge in [0.15, 0.2) is 0 Å². The predicted molar refractivity (Wildman–Crippen MR) is 145 cm³/mol. The summed E-state index contributed by atoms with van der Waals surface area (Å²) in [6.45, 7) is 0. The first-order chi connectivity index (χ1) is 16.8. The van der Waals surface area contributed by atoms with Crippen LogP contribution in [0, 0.1) is 0 Å². The largest absolute Gasteiger partial charge is 0.292 e. The van der Waals surface area contributed by atoms with Crippen molar-refractivity contribution in [1.82, 2.24) is 9.55 Å². The molecule has 0 spiro atoms. The first kappa shape index (κ1) is 19.3. The molecule has 2 nitrogen and oxygen atoms in total. The molecule has 0 unspecified atom stereocenters. The van der Waals surface area contributed by atoms with E-state index in [-0.39, 0.29) is 0 Å². The van der Waals surface area contributed by atoms with Gasteiger partial charge in [-0.25, -0.2) is 4.98 Å². The van der Waals surface area contributed by atoms with Crippen LogP contribution in [0.2, 0.25) is 0 Å². The molecule has 0 N–H and O–H groups in total. The summed E-state index contributed by atoms with van der Waals surface area (Å²) >= 11 is 1.78. The number of rotatable bonds is 3. The smallest absolute Gasteiger partial charge is 0.147 e. The summed E-state index contributed by atoms with van der Waals surface area (Å²) in [7, 11) is 0. The Bertz CT molecular complexity index is 1810. The molecule has 7 rings (SSSR count). The molecule has 0 bridgehead atoms. The number of para-hydroxylation sites is 2. The van der Waals surface area contributed by atoms with Crippen LogP contribution in [0.25, 0.3) is 60.1 Å². The molecule has 0 atom stereocenters. The summed E-state index contributed by atoms with van der Waals surface area (Å²) in [5.74, 6) is 0.982. The third-order valence-electron chi connectivity index (χ3n) is 6.48. The molecule has 160 valence electrons. The van der Waals surface area contributed by atoms with Crippen molar-refractivity contribution >= 4 is 43.2 Å². The number of imidazole rings is 1. The van der Waals surface area contributed by atoms with Gasteiger partial charge in [-0.15, -0.1) is 11.3 Å². The molecule has 7 aromatic rings. The molecule has 0 aliphatic rings. The normalized spacial score (nSPS) is 11.5. The summed E-state index contributed by atoms with van der Waals surface area (Å²) < 4.78 is 3.57. The third-order valence-corrected chi connectivity index (χ3v) is 7.42. The summed E-state index contributed by atoms with van der Waals surface area (Å²) in [5.41, 5.74) is 6.90. The van der Waals surface area contributed by atoms with Crippen molar-refractivity contribution in [3.63, 3.8) is 0 Å². The lowest BCUT2D eigenvalue weighted by molar-refractivity contribution is 1.11. The Kier molecular flexibility index (Phi) is 4.36. The predicted octanol–water partition coefficient (Wildman–Crippen LogP) is 8.73. The summed E-state index contributed by atoms with van der Waals surface area (Å²) in [6, 6.07) is 40.9. The maximum absolute atomic E-state index is 5.11. The van der Waals surface area contributed by atoms with Crippen LogP contribution < -0.4 is 0 Å². The van der Waals surface area contributed by atoms with Gasteiger partial charge in [0.2, 0.25) is 0 Å². The average Bonchev–Trinajstić information content (AvgIpc) is 3.50. The molecule has 0 radical (unpaired) electrons. The molecule has 0 saturated heterocycles. The number of thiophene rings is 1. The van der Waals surface area contributed by atoms with E-state index in [1.54, 1.807) is 11.3 Å². The number of fused-ring (bicyclic) bond motifs is 3. The van der Waals surface area contributed by atoms with Crippen LogP contribution in [0.15, 0.2) is 121 Å². The molecule has 0 amide bonds. The van der Waals surface area contributed by atoms with E-state index >= 15 is 0 Å². The second kappa shape index (κ2) is 7.68. The molecule has 0 aliphatic heterocycles.